The van der Waals surface area contributed by atoms with Crippen LogP contribution in [0.15, 0.2) is 53.1 Å². The first-order valence-electron chi connectivity index (χ1n) is 10.5. The summed E-state index contributed by atoms with van der Waals surface area (Å²) in [5, 5.41) is 11.6. The van der Waals surface area contributed by atoms with Gasteiger partial charge in [-0.2, -0.15) is 10.1 Å². The van der Waals surface area contributed by atoms with Gasteiger partial charge >= 0.3 is 0 Å². The van der Waals surface area contributed by atoms with Crippen molar-refractivity contribution in [2.75, 3.05) is 36.5 Å². The van der Waals surface area contributed by atoms with E-state index in [1.165, 1.54) is 5.56 Å². The summed E-state index contributed by atoms with van der Waals surface area (Å²) < 4.78 is 11.6. The summed E-state index contributed by atoms with van der Waals surface area (Å²) in [6.45, 7) is 4.82. The van der Waals surface area contributed by atoms with Crippen molar-refractivity contribution >= 4 is 39.8 Å². The van der Waals surface area contributed by atoms with Crippen LogP contribution in [-0.4, -0.2) is 51.5 Å². The molecule has 6 rings (SSSR count). The van der Waals surface area contributed by atoms with Gasteiger partial charge in [-0.3, -0.25) is 5.10 Å². The molecule has 1 saturated heterocycles. The predicted molar refractivity (Wildman–Crippen MR) is 122 cm³/mol. The number of nitrogens with one attached hydrogen (secondary N) is 2. The zero-order valence-electron chi connectivity index (χ0n) is 17.5. The third-order valence-corrected chi connectivity index (χ3v) is 5.52. The third-order valence-electron chi connectivity index (χ3n) is 5.52. The number of ether oxygens (including phenoxy) is 1. The number of fused-ring (bicyclic) bond motifs is 3. The van der Waals surface area contributed by atoms with E-state index in [1.54, 1.807) is 6.20 Å². The molecule has 5 aromatic rings. The SMILES string of the molecule is Cc1cccc(-c2cc(Nc3nc(N4CCOCC4)c4oc5ncccc5c4n3)[nH]n2)c1. The molecule has 1 aliphatic heterocycles. The van der Waals surface area contributed by atoms with E-state index in [0.717, 1.165) is 41.1 Å². The summed E-state index contributed by atoms with van der Waals surface area (Å²) >= 11 is 0. The number of aromatic nitrogens is 5. The molecule has 9 heteroatoms. The number of rotatable bonds is 4. The Hall–Kier alpha value is -3.98. The lowest BCUT2D eigenvalue weighted by Gasteiger charge is -2.27. The van der Waals surface area contributed by atoms with Gasteiger partial charge in [0, 0.05) is 30.9 Å². The van der Waals surface area contributed by atoms with E-state index in [4.69, 9.17) is 19.1 Å². The second kappa shape index (κ2) is 7.61. The molecule has 5 heterocycles. The van der Waals surface area contributed by atoms with Gasteiger partial charge in [-0.15, -0.1) is 0 Å². The first kappa shape index (κ1) is 18.8. The second-order valence-electron chi connectivity index (χ2n) is 7.77. The van der Waals surface area contributed by atoms with Crippen molar-refractivity contribution < 1.29 is 9.15 Å². The van der Waals surface area contributed by atoms with E-state index in [1.807, 2.05) is 30.3 Å². The molecule has 160 valence electrons. The summed E-state index contributed by atoms with van der Waals surface area (Å²) in [4.78, 5) is 16.0. The molecule has 0 spiro atoms. The lowest BCUT2D eigenvalue weighted by molar-refractivity contribution is 0.122. The van der Waals surface area contributed by atoms with Crippen molar-refractivity contribution in [3.8, 4) is 11.3 Å². The fourth-order valence-electron chi connectivity index (χ4n) is 3.97. The molecule has 1 aromatic carbocycles. The van der Waals surface area contributed by atoms with Crippen LogP contribution in [0.2, 0.25) is 0 Å². The van der Waals surface area contributed by atoms with Crippen LogP contribution in [0.3, 0.4) is 0 Å². The Bertz CT molecular complexity index is 1420. The van der Waals surface area contributed by atoms with Gasteiger partial charge in [0.25, 0.3) is 0 Å². The highest BCUT2D eigenvalue weighted by Gasteiger charge is 2.22. The fourth-order valence-corrected chi connectivity index (χ4v) is 3.97. The minimum absolute atomic E-state index is 0.463. The number of nitrogens with zero attached hydrogens (tertiary/aromatic N) is 5. The Morgan fingerprint density at radius 2 is 1.97 bits per heavy atom. The normalized spacial score (nSPS) is 14.3. The zero-order chi connectivity index (χ0) is 21.5. The quantitative estimate of drug-likeness (QED) is 0.443. The third kappa shape index (κ3) is 3.32. The van der Waals surface area contributed by atoms with Gasteiger partial charge in [-0.1, -0.05) is 23.8 Å². The van der Waals surface area contributed by atoms with Crippen molar-refractivity contribution in [1.82, 2.24) is 25.1 Å². The molecular formula is C23H21N7O2. The summed E-state index contributed by atoms with van der Waals surface area (Å²) in [5.41, 5.74) is 4.99. The number of aromatic amines is 1. The molecule has 0 radical (unpaired) electrons. The van der Waals surface area contributed by atoms with Crippen molar-refractivity contribution in [3.05, 3.63) is 54.2 Å². The average molecular weight is 427 g/mol. The highest BCUT2D eigenvalue weighted by atomic mass is 16.5. The molecule has 0 saturated carbocycles. The van der Waals surface area contributed by atoms with Crippen LogP contribution >= 0.6 is 0 Å². The Kier molecular flexibility index (Phi) is 4.46. The smallest absolute Gasteiger partial charge is 0.231 e. The maximum Gasteiger partial charge on any atom is 0.231 e. The Balaban J connectivity index is 1.41. The molecule has 2 N–H and O–H groups in total. The summed E-state index contributed by atoms with van der Waals surface area (Å²) in [5.74, 6) is 1.90. The van der Waals surface area contributed by atoms with Crippen molar-refractivity contribution in [2.45, 2.75) is 6.92 Å². The molecule has 4 aromatic heterocycles. The minimum Gasteiger partial charge on any atom is -0.432 e. The van der Waals surface area contributed by atoms with Crippen molar-refractivity contribution in [3.63, 3.8) is 0 Å². The topological polar surface area (TPSA) is 105 Å². The second-order valence-corrected chi connectivity index (χ2v) is 7.77. The molecule has 32 heavy (non-hydrogen) atoms. The molecule has 0 aliphatic carbocycles. The first-order valence-corrected chi connectivity index (χ1v) is 10.5. The van der Waals surface area contributed by atoms with Crippen LogP contribution in [0.1, 0.15) is 5.56 Å². The van der Waals surface area contributed by atoms with Crippen LogP contribution in [0, 0.1) is 6.92 Å². The molecule has 0 atom stereocenters. The van der Waals surface area contributed by atoms with E-state index >= 15 is 0 Å². The van der Waals surface area contributed by atoms with Gasteiger partial charge in [0.2, 0.25) is 11.7 Å². The highest BCUT2D eigenvalue weighted by Crippen LogP contribution is 2.34. The van der Waals surface area contributed by atoms with Crippen LogP contribution in [-0.2, 0) is 4.74 Å². The lowest BCUT2D eigenvalue weighted by atomic mass is 10.1. The van der Waals surface area contributed by atoms with Crippen LogP contribution < -0.4 is 10.2 Å². The monoisotopic (exact) mass is 427 g/mol. The number of morpholine rings is 1. The fraction of sp³-hybridized carbons (Fsp3) is 0.217. The Morgan fingerprint density at radius 1 is 1.06 bits per heavy atom. The Morgan fingerprint density at radius 3 is 2.84 bits per heavy atom. The number of hydrogen-bond donors (Lipinski definition) is 2. The zero-order valence-corrected chi connectivity index (χ0v) is 17.5. The van der Waals surface area contributed by atoms with Gasteiger partial charge in [-0.25, -0.2) is 9.97 Å². The molecule has 1 fully saturated rings. The highest BCUT2D eigenvalue weighted by molar-refractivity contribution is 6.05. The summed E-state index contributed by atoms with van der Waals surface area (Å²) in [6.07, 6.45) is 1.71. The minimum atomic E-state index is 0.463. The lowest BCUT2D eigenvalue weighted by Crippen LogP contribution is -2.37. The van der Waals surface area contributed by atoms with E-state index in [9.17, 15) is 0 Å². The van der Waals surface area contributed by atoms with Crippen molar-refractivity contribution in [1.29, 1.82) is 0 Å². The van der Waals surface area contributed by atoms with Gasteiger partial charge in [0.15, 0.2) is 11.4 Å². The molecule has 0 amide bonds. The number of hydrogen-bond acceptors (Lipinski definition) is 8. The molecule has 0 bridgehead atoms. The van der Waals surface area contributed by atoms with E-state index in [2.05, 4.69) is 44.5 Å². The number of benzene rings is 1. The van der Waals surface area contributed by atoms with E-state index in [-0.39, 0.29) is 0 Å². The maximum absolute atomic E-state index is 6.05. The van der Waals surface area contributed by atoms with Gasteiger partial charge in [0.05, 0.1) is 24.3 Å². The summed E-state index contributed by atoms with van der Waals surface area (Å²) in [6, 6.07) is 14.0. The van der Waals surface area contributed by atoms with Crippen LogP contribution in [0.4, 0.5) is 17.6 Å². The maximum atomic E-state index is 6.05. The molecule has 1 aliphatic rings. The van der Waals surface area contributed by atoms with Crippen molar-refractivity contribution in [2.24, 2.45) is 0 Å². The number of pyridine rings is 1. The van der Waals surface area contributed by atoms with Gasteiger partial charge in [-0.05, 0) is 25.1 Å². The number of aryl methyl sites for hydroxylation is 1. The van der Waals surface area contributed by atoms with Gasteiger partial charge in [0.1, 0.15) is 11.3 Å². The number of H-pyrrole nitrogens is 1. The van der Waals surface area contributed by atoms with Crippen LogP contribution in [0.25, 0.3) is 33.5 Å². The Labute approximate surface area is 183 Å². The van der Waals surface area contributed by atoms with E-state index in [0.29, 0.717) is 36.3 Å². The average Bonchev–Trinajstić information content (AvgIpc) is 3.44. The number of furan rings is 1. The van der Waals surface area contributed by atoms with Crippen LogP contribution in [0.5, 0.6) is 0 Å². The molecular weight excluding hydrogens is 406 g/mol. The molecule has 9 nitrogen and oxygen atoms in total. The molecule has 0 unspecified atom stereocenters. The largest absolute Gasteiger partial charge is 0.432 e. The predicted octanol–water partition coefficient (Wildman–Crippen LogP) is 4.05. The standard InChI is InChI=1S/C23H21N7O2/c1-14-4-2-5-15(12-14)17-13-18(29-28-17)25-23-26-19-16-6-3-7-24-22(16)32-20(19)21(27-23)30-8-10-31-11-9-30/h2-7,12-13H,8-11H2,1H3,(H2,25,26,27,28,29). The van der Waals surface area contributed by atoms with Gasteiger partial charge < -0.3 is 19.4 Å². The number of anilines is 3. The summed E-state index contributed by atoms with van der Waals surface area (Å²) in [7, 11) is 0. The van der Waals surface area contributed by atoms with E-state index < -0.39 is 0 Å². The first-order chi connectivity index (χ1) is 15.7.